The highest BCUT2D eigenvalue weighted by Gasteiger charge is 2.66. The van der Waals surface area contributed by atoms with Crippen molar-refractivity contribution >= 4 is 0 Å². The second-order valence-corrected chi connectivity index (χ2v) is 5.44. The molecule has 0 bridgehead atoms. The summed E-state index contributed by atoms with van der Waals surface area (Å²) in [7, 11) is 0. The fourth-order valence-electron chi connectivity index (χ4n) is 3.90. The Morgan fingerprint density at radius 1 is 1.46 bits per heavy atom. The smallest absolute Gasteiger partial charge is 0.00703 e. The molecule has 0 amide bonds. The molecular formula is C12H21N. The van der Waals surface area contributed by atoms with Gasteiger partial charge in [0.05, 0.1) is 0 Å². The largest absolute Gasteiger partial charge is 0.405 e. The van der Waals surface area contributed by atoms with E-state index in [1.807, 2.05) is 6.20 Å². The number of nitrogens with two attached hydrogens (primary N) is 1. The molecule has 1 nitrogen and oxygen atoms in total. The number of fused-ring (bicyclic) bond motifs is 1. The molecule has 74 valence electrons. The van der Waals surface area contributed by atoms with Crippen LogP contribution >= 0.6 is 0 Å². The molecule has 0 spiro atoms. The summed E-state index contributed by atoms with van der Waals surface area (Å²) >= 11 is 0. The zero-order valence-corrected chi connectivity index (χ0v) is 9.17. The summed E-state index contributed by atoms with van der Waals surface area (Å²) in [6, 6.07) is 0. The Labute approximate surface area is 81.4 Å². The first-order chi connectivity index (χ1) is 6.02. The van der Waals surface area contributed by atoms with Crippen LogP contribution in [0.5, 0.6) is 0 Å². The molecule has 2 N–H and O–H groups in total. The molecule has 0 radical (unpaired) electrons. The lowest BCUT2D eigenvalue weighted by molar-refractivity contribution is 0.363. The topological polar surface area (TPSA) is 26.0 Å². The molecule has 13 heavy (non-hydrogen) atoms. The van der Waals surface area contributed by atoms with Gasteiger partial charge in [0.25, 0.3) is 0 Å². The molecule has 0 heterocycles. The van der Waals surface area contributed by atoms with Gasteiger partial charge in [-0.15, -0.1) is 0 Å². The summed E-state index contributed by atoms with van der Waals surface area (Å²) in [5, 5.41) is 0. The van der Waals surface area contributed by atoms with Gasteiger partial charge in [-0.2, -0.15) is 0 Å². The molecule has 2 fully saturated rings. The predicted octanol–water partition coefficient (Wildman–Crippen LogP) is 2.78. The van der Waals surface area contributed by atoms with Crippen molar-refractivity contribution in [3.05, 3.63) is 11.8 Å². The van der Waals surface area contributed by atoms with E-state index < -0.39 is 0 Å². The molecule has 1 heteroatoms. The van der Waals surface area contributed by atoms with Crippen molar-refractivity contribution in [1.29, 1.82) is 0 Å². The Kier molecular flexibility index (Phi) is 1.77. The quantitative estimate of drug-likeness (QED) is 0.658. The average molecular weight is 179 g/mol. The number of rotatable bonds is 1. The van der Waals surface area contributed by atoms with E-state index in [1.54, 1.807) is 0 Å². The van der Waals surface area contributed by atoms with Crippen LogP contribution in [0.3, 0.4) is 0 Å². The normalized spacial score (nSPS) is 54.9. The predicted molar refractivity (Wildman–Crippen MR) is 56.0 cm³/mol. The summed E-state index contributed by atoms with van der Waals surface area (Å²) in [5.41, 5.74) is 7.68. The van der Waals surface area contributed by atoms with Gasteiger partial charge in [-0.05, 0) is 48.6 Å². The van der Waals surface area contributed by atoms with Gasteiger partial charge in [0, 0.05) is 0 Å². The van der Waals surface area contributed by atoms with E-state index in [4.69, 9.17) is 5.73 Å². The van der Waals surface area contributed by atoms with Gasteiger partial charge in [0.1, 0.15) is 0 Å². The molecule has 2 rings (SSSR count). The van der Waals surface area contributed by atoms with Crippen LogP contribution in [0.4, 0.5) is 0 Å². The van der Waals surface area contributed by atoms with E-state index in [-0.39, 0.29) is 0 Å². The molecule has 2 aliphatic rings. The van der Waals surface area contributed by atoms with Gasteiger partial charge in [-0.1, -0.05) is 26.3 Å². The molecule has 2 aliphatic carbocycles. The highest BCUT2D eigenvalue weighted by atomic mass is 14.7. The van der Waals surface area contributed by atoms with Crippen LogP contribution in [0.1, 0.15) is 34.1 Å². The zero-order chi connectivity index (χ0) is 9.80. The standard InChI is InChI=1S/C12H21N/c1-7-5-12(4)9(3)11(12)10(7)8(2)6-13/h6-7,9-11H,5,13H2,1-4H3/b8-6-. The first-order valence-electron chi connectivity index (χ1n) is 5.40. The van der Waals surface area contributed by atoms with E-state index in [0.717, 1.165) is 23.7 Å². The van der Waals surface area contributed by atoms with Crippen LogP contribution in [-0.2, 0) is 0 Å². The second-order valence-electron chi connectivity index (χ2n) is 5.44. The molecule has 5 atom stereocenters. The van der Waals surface area contributed by atoms with Crippen molar-refractivity contribution in [1.82, 2.24) is 0 Å². The van der Waals surface area contributed by atoms with E-state index >= 15 is 0 Å². The Morgan fingerprint density at radius 2 is 2.08 bits per heavy atom. The molecule has 2 saturated carbocycles. The molecular weight excluding hydrogens is 158 g/mol. The Balaban J connectivity index is 2.22. The fraction of sp³-hybridized carbons (Fsp3) is 0.833. The van der Waals surface area contributed by atoms with Gasteiger partial charge < -0.3 is 5.73 Å². The number of hydrogen-bond acceptors (Lipinski definition) is 1. The first-order valence-corrected chi connectivity index (χ1v) is 5.40. The van der Waals surface area contributed by atoms with E-state index in [2.05, 4.69) is 27.7 Å². The minimum atomic E-state index is 0.647. The maximum atomic E-state index is 5.62. The molecule has 0 aromatic carbocycles. The van der Waals surface area contributed by atoms with Crippen LogP contribution in [-0.4, -0.2) is 0 Å². The van der Waals surface area contributed by atoms with Crippen LogP contribution in [0.15, 0.2) is 11.8 Å². The molecule has 0 aromatic rings. The van der Waals surface area contributed by atoms with Gasteiger partial charge in [-0.3, -0.25) is 0 Å². The lowest BCUT2D eigenvalue weighted by Crippen LogP contribution is -2.13. The minimum Gasteiger partial charge on any atom is -0.405 e. The summed E-state index contributed by atoms with van der Waals surface area (Å²) in [6.45, 7) is 9.41. The monoisotopic (exact) mass is 179 g/mol. The lowest BCUT2D eigenvalue weighted by Gasteiger charge is -2.20. The molecule has 0 aliphatic heterocycles. The Morgan fingerprint density at radius 3 is 2.54 bits per heavy atom. The highest BCUT2D eigenvalue weighted by Crippen LogP contribution is 2.72. The van der Waals surface area contributed by atoms with Gasteiger partial charge >= 0.3 is 0 Å². The first kappa shape index (κ1) is 9.11. The van der Waals surface area contributed by atoms with Crippen molar-refractivity contribution in [2.45, 2.75) is 34.1 Å². The summed E-state index contributed by atoms with van der Waals surface area (Å²) in [4.78, 5) is 0. The van der Waals surface area contributed by atoms with Gasteiger partial charge in [-0.25, -0.2) is 0 Å². The summed E-state index contributed by atoms with van der Waals surface area (Å²) in [5.74, 6) is 3.45. The molecule has 0 aromatic heterocycles. The maximum absolute atomic E-state index is 5.62. The van der Waals surface area contributed by atoms with E-state index in [9.17, 15) is 0 Å². The van der Waals surface area contributed by atoms with Crippen molar-refractivity contribution in [2.75, 3.05) is 0 Å². The van der Waals surface area contributed by atoms with Crippen molar-refractivity contribution in [2.24, 2.45) is 34.8 Å². The molecule has 0 saturated heterocycles. The third-order valence-corrected chi connectivity index (χ3v) is 4.78. The number of allylic oxidation sites excluding steroid dienone is 1. The number of hydrogen-bond donors (Lipinski definition) is 1. The zero-order valence-electron chi connectivity index (χ0n) is 9.17. The minimum absolute atomic E-state index is 0.647. The average Bonchev–Trinajstić information content (AvgIpc) is 2.46. The van der Waals surface area contributed by atoms with Crippen molar-refractivity contribution in [3.8, 4) is 0 Å². The lowest BCUT2D eigenvalue weighted by atomic mass is 9.85. The van der Waals surface area contributed by atoms with E-state index in [1.165, 1.54) is 12.0 Å². The van der Waals surface area contributed by atoms with Gasteiger partial charge in [0.2, 0.25) is 0 Å². The van der Waals surface area contributed by atoms with Crippen LogP contribution in [0.25, 0.3) is 0 Å². The van der Waals surface area contributed by atoms with Crippen LogP contribution < -0.4 is 5.73 Å². The summed E-state index contributed by atoms with van der Waals surface area (Å²) in [6.07, 6.45) is 3.21. The van der Waals surface area contributed by atoms with Gasteiger partial charge in [0.15, 0.2) is 0 Å². The second kappa shape index (κ2) is 2.52. The summed E-state index contributed by atoms with van der Waals surface area (Å²) < 4.78 is 0. The fourth-order valence-corrected chi connectivity index (χ4v) is 3.90. The highest BCUT2D eigenvalue weighted by molar-refractivity contribution is 5.22. The van der Waals surface area contributed by atoms with Crippen molar-refractivity contribution in [3.63, 3.8) is 0 Å². The maximum Gasteiger partial charge on any atom is -0.00703 e. The van der Waals surface area contributed by atoms with Crippen LogP contribution in [0.2, 0.25) is 0 Å². The third-order valence-electron chi connectivity index (χ3n) is 4.78. The molecule has 5 unspecified atom stereocenters. The third kappa shape index (κ3) is 0.992. The Bertz CT molecular complexity index is 256. The SMILES string of the molecule is C/C(=C/N)C1C(C)CC2(C)C(C)C12. The Hall–Kier alpha value is -0.460. The van der Waals surface area contributed by atoms with Crippen molar-refractivity contribution < 1.29 is 0 Å². The van der Waals surface area contributed by atoms with E-state index in [0.29, 0.717) is 5.41 Å². The van der Waals surface area contributed by atoms with Crippen LogP contribution in [0, 0.1) is 29.1 Å².